The van der Waals surface area contributed by atoms with Crippen molar-refractivity contribution in [1.29, 1.82) is 0 Å². The lowest BCUT2D eigenvalue weighted by Crippen LogP contribution is -2.17. The van der Waals surface area contributed by atoms with Gasteiger partial charge >= 0.3 is 6.09 Å². The number of nitrogens with zero attached hydrogens (tertiary/aromatic N) is 1. The monoisotopic (exact) mass is 452 g/mol. The van der Waals surface area contributed by atoms with Gasteiger partial charge in [-0.15, -0.1) is 0 Å². The van der Waals surface area contributed by atoms with Crippen LogP contribution in [-0.2, 0) is 0 Å². The van der Waals surface area contributed by atoms with Gasteiger partial charge in [-0.3, -0.25) is 14.9 Å². The van der Waals surface area contributed by atoms with Crippen LogP contribution < -0.4 is 10.6 Å². The number of hydrogen-bond acceptors (Lipinski definition) is 4. The molecule has 1 heterocycles. The van der Waals surface area contributed by atoms with E-state index in [1.165, 1.54) is 42.5 Å². The molecule has 0 atom stereocenters. The first-order valence-electron chi connectivity index (χ1n) is 9.22. The Morgan fingerprint density at radius 3 is 2.47 bits per heavy atom. The molecule has 0 spiro atoms. The molecule has 3 aromatic carbocycles. The Bertz CT molecular complexity index is 1390. The van der Waals surface area contributed by atoms with Gasteiger partial charge in [-0.1, -0.05) is 35.9 Å². The van der Waals surface area contributed by atoms with E-state index >= 15 is 0 Å². The Labute approximate surface area is 185 Å². The molecule has 0 aliphatic heterocycles. The number of nitrogens with one attached hydrogen (secondary N) is 3. The maximum absolute atomic E-state index is 14.2. The number of carbonyl (C=O) groups is 3. The lowest BCUT2D eigenvalue weighted by Gasteiger charge is -2.11. The zero-order chi connectivity index (χ0) is 22.8. The predicted molar refractivity (Wildman–Crippen MR) is 117 cm³/mol. The summed E-state index contributed by atoms with van der Waals surface area (Å²) in [6, 6.07) is 14.9. The number of fused-ring (bicyclic) bond motifs is 1. The molecule has 0 fully saturated rings. The van der Waals surface area contributed by atoms with E-state index in [1.807, 2.05) is 0 Å². The Morgan fingerprint density at radius 1 is 0.969 bits per heavy atom. The standard InChI is InChI=1S/C22H14ClFN4O4/c23-14-6-3-7-16(18(14)24)25-20(30)13-5-2-1-4-12(13)19(29)11-8-9-15-17(10-11)27-21(26-15)28-22(31)32/h1-10H,(H,25,30)(H,31,32)(H2,26,27,28). The summed E-state index contributed by atoms with van der Waals surface area (Å²) in [6.07, 6.45) is -1.28. The number of rotatable bonds is 5. The van der Waals surface area contributed by atoms with Crippen molar-refractivity contribution in [3.63, 3.8) is 0 Å². The number of carbonyl (C=O) groups excluding carboxylic acids is 2. The number of aromatic nitrogens is 2. The molecule has 0 bridgehead atoms. The first-order chi connectivity index (χ1) is 15.3. The third-order valence-corrected chi connectivity index (χ3v) is 4.88. The first-order valence-corrected chi connectivity index (χ1v) is 9.60. The van der Waals surface area contributed by atoms with Crippen LogP contribution in [0.3, 0.4) is 0 Å². The van der Waals surface area contributed by atoms with E-state index in [4.69, 9.17) is 16.7 Å². The summed E-state index contributed by atoms with van der Waals surface area (Å²) < 4.78 is 14.2. The van der Waals surface area contributed by atoms with E-state index < -0.39 is 23.6 Å². The summed E-state index contributed by atoms with van der Waals surface area (Å²) in [5.41, 5.74) is 1.18. The van der Waals surface area contributed by atoms with Gasteiger partial charge in [-0.2, -0.15) is 0 Å². The van der Waals surface area contributed by atoms with Crippen LogP contribution in [0.25, 0.3) is 11.0 Å². The van der Waals surface area contributed by atoms with Crippen molar-refractivity contribution < 1.29 is 23.9 Å². The Morgan fingerprint density at radius 2 is 1.72 bits per heavy atom. The highest BCUT2D eigenvalue weighted by atomic mass is 35.5. The van der Waals surface area contributed by atoms with Crippen molar-refractivity contribution in [2.45, 2.75) is 0 Å². The molecule has 0 aliphatic rings. The van der Waals surface area contributed by atoms with Crippen LogP contribution >= 0.6 is 11.6 Å². The third-order valence-electron chi connectivity index (χ3n) is 4.59. The summed E-state index contributed by atoms with van der Waals surface area (Å²) in [5, 5.41) is 13.2. The maximum Gasteiger partial charge on any atom is 0.411 e. The molecule has 0 aliphatic carbocycles. The van der Waals surface area contributed by atoms with Crippen LogP contribution in [0, 0.1) is 5.82 Å². The second-order valence-corrected chi connectivity index (χ2v) is 7.08. The Kier molecular flexibility index (Phi) is 5.57. The predicted octanol–water partition coefficient (Wildman–Crippen LogP) is 4.93. The minimum Gasteiger partial charge on any atom is -0.465 e. The fourth-order valence-corrected chi connectivity index (χ4v) is 3.31. The molecule has 1 aromatic heterocycles. The minimum atomic E-state index is -1.28. The molecule has 160 valence electrons. The van der Waals surface area contributed by atoms with E-state index in [0.29, 0.717) is 11.0 Å². The quantitative estimate of drug-likeness (QED) is 0.320. The fourth-order valence-electron chi connectivity index (χ4n) is 3.14. The number of imidazole rings is 1. The van der Waals surface area contributed by atoms with E-state index in [2.05, 4.69) is 20.6 Å². The number of benzene rings is 3. The maximum atomic E-state index is 14.2. The van der Waals surface area contributed by atoms with Crippen molar-refractivity contribution in [3.05, 3.63) is 88.2 Å². The Hall–Kier alpha value is -4.24. The number of H-pyrrole nitrogens is 1. The zero-order valence-electron chi connectivity index (χ0n) is 16.1. The van der Waals surface area contributed by atoms with E-state index in [1.54, 1.807) is 18.2 Å². The smallest absolute Gasteiger partial charge is 0.411 e. The van der Waals surface area contributed by atoms with Gasteiger partial charge < -0.3 is 15.4 Å². The lowest BCUT2D eigenvalue weighted by molar-refractivity contribution is 0.0996. The number of amides is 2. The second kappa shape index (κ2) is 8.48. The molecule has 0 unspecified atom stereocenters. The highest BCUT2D eigenvalue weighted by Gasteiger charge is 2.20. The fraction of sp³-hybridized carbons (Fsp3) is 0. The van der Waals surface area contributed by atoms with Gasteiger partial charge in [0.15, 0.2) is 11.6 Å². The van der Waals surface area contributed by atoms with Crippen molar-refractivity contribution in [2.24, 2.45) is 0 Å². The van der Waals surface area contributed by atoms with Crippen LogP contribution in [0.4, 0.5) is 20.8 Å². The van der Waals surface area contributed by atoms with Crippen LogP contribution in [0.1, 0.15) is 26.3 Å². The van der Waals surface area contributed by atoms with Gasteiger partial charge in [0.05, 0.1) is 27.3 Å². The van der Waals surface area contributed by atoms with Gasteiger partial charge in [-0.25, -0.2) is 14.2 Å². The van der Waals surface area contributed by atoms with Crippen molar-refractivity contribution in [2.75, 3.05) is 10.6 Å². The van der Waals surface area contributed by atoms with Crippen LogP contribution in [0.5, 0.6) is 0 Å². The van der Waals surface area contributed by atoms with E-state index in [0.717, 1.165) is 0 Å². The van der Waals surface area contributed by atoms with Gasteiger partial charge in [0.1, 0.15) is 0 Å². The molecular formula is C22H14ClFN4O4. The molecular weight excluding hydrogens is 439 g/mol. The molecule has 32 heavy (non-hydrogen) atoms. The zero-order valence-corrected chi connectivity index (χ0v) is 16.9. The minimum absolute atomic E-state index is 0.0143. The van der Waals surface area contributed by atoms with Crippen LogP contribution in [-0.4, -0.2) is 32.9 Å². The molecule has 0 radical (unpaired) electrons. The molecule has 8 nitrogen and oxygen atoms in total. The topological polar surface area (TPSA) is 124 Å². The second-order valence-electron chi connectivity index (χ2n) is 6.68. The summed E-state index contributed by atoms with van der Waals surface area (Å²) in [7, 11) is 0. The SMILES string of the molecule is O=C(O)Nc1nc2ccc(C(=O)c3ccccc3C(=O)Nc3cccc(Cl)c3F)cc2[nH]1. The summed E-state index contributed by atoms with van der Waals surface area (Å²) in [6.45, 7) is 0. The number of ketones is 1. The van der Waals surface area contributed by atoms with Gasteiger partial charge in [-0.05, 0) is 36.4 Å². The highest BCUT2D eigenvalue weighted by Crippen LogP contribution is 2.24. The molecule has 0 saturated carbocycles. The van der Waals surface area contributed by atoms with Crippen molar-refractivity contribution >= 4 is 52.1 Å². The molecule has 4 aromatic rings. The first kappa shape index (κ1) is 21.0. The molecule has 10 heteroatoms. The van der Waals surface area contributed by atoms with E-state index in [9.17, 15) is 18.8 Å². The summed E-state index contributed by atoms with van der Waals surface area (Å²) in [5.74, 6) is -1.89. The number of anilines is 2. The van der Waals surface area contributed by atoms with Crippen LogP contribution in [0.15, 0.2) is 60.7 Å². The number of aromatic amines is 1. The van der Waals surface area contributed by atoms with Gasteiger partial charge in [0, 0.05) is 11.1 Å². The summed E-state index contributed by atoms with van der Waals surface area (Å²) >= 11 is 5.76. The summed E-state index contributed by atoms with van der Waals surface area (Å²) in [4.78, 5) is 43.6. The molecule has 2 amide bonds. The largest absolute Gasteiger partial charge is 0.465 e. The van der Waals surface area contributed by atoms with E-state index in [-0.39, 0.29) is 33.3 Å². The highest BCUT2D eigenvalue weighted by molar-refractivity contribution is 6.31. The Balaban J connectivity index is 1.65. The van der Waals surface area contributed by atoms with Crippen LogP contribution in [0.2, 0.25) is 5.02 Å². The van der Waals surface area contributed by atoms with Crippen molar-refractivity contribution in [1.82, 2.24) is 9.97 Å². The number of halogens is 2. The number of hydrogen-bond donors (Lipinski definition) is 4. The molecule has 0 saturated heterocycles. The average molecular weight is 453 g/mol. The van der Waals surface area contributed by atoms with Gasteiger partial charge in [0.2, 0.25) is 5.95 Å². The van der Waals surface area contributed by atoms with Gasteiger partial charge in [0.25, 0.3) is 5.91 Å². The molecule has 4 rings (SSSR count). The normalized spacial score (nSPS) is 10.7. The van der Waals surface area contributed by atoms with Crippen molar-refractivity contribution in [3.8, 4) is 0 Å². The third kappa shape index (κ3) is 4.14. The molecule has 4 N–H and O–H groups in total. The average Bonchev–Trinajstić information content (AvgIpc) is 3.17. The number of carboxylic acid groups (broad SMARTS) is 1. The lowest BCUT2D eigenvalue weighted by atomic mass is 9.97.